The number of fused-ring (bicyclic) bond motifs is 1. The first-order valence-electron chi connectivity index (χ1n) is 6.62. The molecule has 0 amide bonds. The van der Waals surface area contributed by atoms with Gasteiger partial charge in [0, 0.05) is 22.8 Å². The molecule has 0 aliphatic carbocycles. The number of nitrogens with zero attached hydrogens (tertiary/aromatic N) is 1. The summed E-state index contributed by atoms with van der Waals surface area (Å²) in [5.74, 6) is 0. The van der Waals surface area contributed by atoms with Crippen LogP contribution in [0.15, 0.2) is 46.9 Å². The highest BCUT2D eigenvalue weighted by atomic mass is 79.9. The molecule has 0 saturated carbocycles. The van der Waals surface area contributed by atoms with Crippen molar-refractivity contribution in [2.45, 2.75) is 13.2 Å². The summed E-state index contributed by atoms with van der Waals surface area (Å²) in [6.45, 7) is 1.29. The van der Waals surface area contributed by atoms with Gasteiger partial charge in [-0.2, -0.15) is 0 Å². The smallest absolute Gasteiger partial charge is 0.113 e. The summed E-state index contributed by atoms with van der Waals surface area (Å²) in [5, 5.41) is 4.54. The minimum atomic E-state index is 0.573. The summed E-state index contributed by atoms with van der Waals surface area (Å²) in [4.78, 5) is 4.64. The molecule has 2 aromatic carbocycles. The zero-order valence-electron chi connectivity index (χ0n) is 11.6. The topological polar surface area (TPSA) is 34.1 Å². The van der Waals surface area contributed by atoms with Gasteiger partial charge in [0.15, 0.2) is 0 Å². The minimum Gasteiger partial charge on any atom is -0.380 e. The number of benzene rings is 2. The molecule has 1 aromatic heterocycles. The van der Waals surface area contributed by atoms with E-state index in [9.17, 15) is 0 Å². The molecule has 0 saturated heterocycles. The van der Waals surface area contributed by atoms with Crippen molar-refractivity contribution < 1.29 is 4.74 Å². The van der Waals surface area contributed by atoms with Crippen molar-refractivity contribution >= 4 is 43.2 Å². The van der Waals surface area contributed by atoms with Gasteiger partial charge < -0.3 is 10.1 Å². The first-order chi connectivity index (χ1) is 10.3. The second kappa shape index (κ2) is 6.56. The van der Waals surface area contributed by atoms with E-state index < -0.39 is 0 Å². The lowest BCUT2D eigenvalue weighted by atomic mass is 10.2. The number of aromatic nitrogens is 1. The SMILES string of the molecule is COCc1c(Br)cccc1NCc1nc2ccccc2s1. The molecule has 0 bridgehead atoms. The highest BCUT2D eigenvalue weighted by Gasteiger charge is 2.08. The van der Waals surface area contributed by atoms with Crippen molar-refractivity contribution in [3.05, 3.63) is 57.5 Å². The molecule has 0 atom stereocenters. The van der Waals surface area contributed by atoms with E-state index in [4.69, 9.17) is 4.74 Å². The van der Waals surface area contributed by atoms with Crippen LogP contribution in [0.25, 0.3) is 10.2 Å². The fourth-order valence-electron chi connectivity index (χ4n) is 2.18. The van der Waals surface area contributed by atoms with E-state index in [2.05, 4.69) is 38.4 Å². The quantitative estimate of drug-likeness (QED) is 0.706. The Kier molecular flexibility index (Phi) is 4.53. The molecule has 3 rings (SSSR count). The Morgan fingerprint density at radius 2 is 2.05 bits per heavy atom. The predicted molar refractivity (Wildman–Crippen MR) is 91.8 cm³/mol. The van der Waals surface area contributed by atoms with E-state index in [0.29, 0.717) is 13.2 Å². The van der Waals surface area contributed by atoms with Gasteiger partial charge in [0.2, 0.25) is 0 Å². The summed E-state index contributed by atoms with van der Waals surface area (Å²) in [6.07, 6.45) is 0. The Morgan fingerprint density at radius 1 is 1.19 bits per heavy atom. The second-order valence-corrected chi connectivity index (χ2v) is 6.60. The van der Waals surface area contributed by atoms with Crippen LogP contribution >= 0.6 is 27.3 Å². The molecule has 0 radical (unpaired) electrons. The van der Waals surface area contributed by atoms with Crippen LogP contribution < -0.4 is 5.32 Å². The maximum Gasteiger partial charge on any atom is 0.113 e. The highest BCUT2D eigenvalue weighted by molar-refractivity contribution is 9.10. The van der Waals surface area contributed by atoms with E-state index in [1.807, 2.05) is 30.3 Å². The summed E-state index contributed by atoms with van der Waals surface area (Å²) in [5.41, 5.74) is 3.26. The molecule has 0 fully saturated rings. The van der Waals surface area contributed by atoms with Crippen molar-refractivity contribution in [3.8, 4) is 0 Å². The summed E-state index contributed by atoms with van der Waals surface area (Å²) < 4.78 is 7.54. The van der Waals surface area contributed by atoms with E-state index in [1.54, 1.807) is 18.4 Å². The van der Waals surface area contributed by atoms with Gasteiger partial charge in [0.05, 0.1) is 23.4 Å². The molecule has 0 unspecified atom stereocenters. The molecule has 3 nitrogen and oxygen atoms in total. The average molecular weight is 363 g/mol. The Bertz CT molecular complexity index is 724. The maximum atomic E-state index is 5.27. The van der Waals surface area contributed by atoms with Crippen LogP contribution in [0.2, 0.25) is 0 Å². The van der Waals surface area contributed by atoms with Gasteiger partial charge >= 0.3 is 0 Å². The Balaban J connectivity index is 1.79. The van der Waals surface area contributed by atoms with Crippen molar-refractivity contribution in [2.75, 3.05) is 12.4 Å². The third-order valence-corrected chi connectivity index (χ3v) is 4.96. The Hall–Kier alpha value is -1.43. The van der Waals surface area contributed by atoms with Gasteiger partial charge in [-0.15, -0.1) is 11.3 Å². The maximum absolute atomic E-state index is 5.27. The predicted octanol–water partition coefficient (Wildman–Crippen LogP) is 4.82. The number of methoxy groups -OCH3 is 1. The lowest BCUT2D eigenvalue weighted by Crippen LogP contribution is -2.03. The summed E-state index contributed by atoms with van der Waals surface area (Å²) in [7, 11) is 1.71. The highest BCUT2D eigenvalue weighted by Crippen LogP contribution is 2.27. The van der Waals surface area contributed by atoms with Gasteiger partial charge in [-0.25, -0.2) is 4.98 Å². The van der Waals surface area contributed by atoms with Gasteiger partial charge in [-0.3, -0.25) is 0 Å². The number of nitrogens with one attached hydrogen (secondary N) is 1. The number of anilines is 1. The second-order valence-electron chi connectivity index (χ2n) is 4.63. The molecule has 0 spiro atoms. The molecule has 5 heteroatoms. The standard InChI is InChI=1S/C16H15BrN2OS/c1-20-10-11-12(17)5-4-7-13(11)18-9-16-19-14-6-2-3-8-15(14)21-16/h2-8,18H,9-10H2,1H3. The number of halogens is 1. The molecule has 0 aliphatic rings. The number of hydrogen-bond donors (Lipinski definition) is 1. The fourth-order valence-corrected chi connectivity index (χ4v) is 3.57. The number of hydrogen-bond acceptors (Lipinski definition) is 4. The van der Waals surface area contributed by atoms with E-state index in [1.165, 1.54) is 4.70 Å². The number of ether oxygens (including phenoxy) is 1. The Morgan fingerprint density at radius 3 is 2.86 bits per heavy atom. The monoisotopic (exact) mass is 362 g/mol. The third kappa shape index (κ3) is 3.26. The number of thiazole rings is 1. The van der Waals surface area contributed by atoms with Crippen molar-refractivity contribution in [3.63, 3.8) is 0 Å². The lowest BCUT2D eigenvalue weighted by Gasteiger charge is -2.12. The molecule has 1 N–H and O–H groups in total. The van der Waals surface area contributed by atoms with Crippen molar-refractivity contribution in [2.24, 2.45) is 0 Å². The molecule has 108 valence electrons. The zero-order valence-corrected chi connectivity index (χ0v) is 14.0. The zero-order chi connectivity index (χ0) is 14.7. The first-order valence-corrected chi connectivity index (χ1v) is 8.23. The fraction of sp³-hybridized carbons (Fsp3) is 0.188. The average Bonchev–Trinajstić information content (AvgIpc) is 2.91. The number of rotatable bonds is 5. The van der Waals surface area contributed by atoms with Crippen LogP contribution in [0.4, 0.5) is 5.69 Å². The van der Waals surface area contributed by atoms with Crippen molar-refractivity contribution in [1.29, 1.82) is 0 Å². The molecular formula is C16H15BrN2OS. The first kappa shape index (κ1) is 14.5. The summed E-state index contributed by atoms with van der Waals surface area (Å²) >= 11 is 5.29. The summed E-state index contributed by atoms with van der Waals surface area (Å²) in [6, 6.07) is 14.3. The van der Waals surface area contributed by atoms with E-state index in [0.717, 1.165) is 26.2 Å². The normalized spacial score (nSPS) is 11.0. The van der Waals surface area contributed by atoms with Gasteiger partial charge in [-0.1, -0.05) is 34.1 Å². The van der Waals surface area contributed by atoms with E-state index >= 15 is 0 Å². The van der Waals surface area contributed by atoms with Crippen LogP contribution in [0, 0.1) is 0 Å². The van der Waals surface area contributed by atoms with Crippen LogP contribution in [0.5, 0.6) is 0 Å². The van der Waals surface area contributed by atoms with Gasteiger partial charge in [-0.05, 0) is 24.3 Å². The lowest BCUT2D eigenvalue weighted by molar-refractivity contribution is 0.185. The minimum absolute atomic E-state index is 0.573. The van der Waals surface area contributed by atoms with Gasteiger partial charge in [0.1, 0.15) is 5.01 Å². The molecule has 1 heterocycles. The van der Waals surface area contributed by atoms with Crippen LogP contribution in [0.3, 0.4) is 0 Å². The molecule has 21 heavy (non-hydrogen) atoms. The van der Waals surface area contributed by atoms with Crippen LogP contribution in [-0.2, 0) is 17.9 Å². The van der Waals surface area contributed by atoms with Crippen LogP contribution in [0.1, 0.15) is 10.6 Å². The molecule has 0 aliphatic heterocycles. The molecular weight excluding hydrogens is 348 g/mol. The largest absolute Gasteiger partial charge is 0.380 e. The van der Waals surface area contributed by atoms with Crippen LogP contribution in [-0.4, -0.2) is 12.1 Å². The molecule has 3 aromatic rings. The third-order valence-electron chi connectivity index (χ3n) is 3.18. The van der Waals surface area contributed by atoms with Crippen molar-refractivity contribution in [1.82, 2.24) is 4.98 Å². The Labute approximate surface area is 136 Å². The van der Waals surface area contributed by atoms with E-state index in [-0.39, 0.29) is 0 Å². The van der Waals surface area contributed by atoms with Gasteiger partial charge in [0.25, 0.3) is 0 Å². The number of para-hydroxylation sites is 1.